The van der Waals surface area contributed by atoms with Gasteiger partial charge >= 0.3 is 0 Å². The maximum atomic E-state index is 11.6. The lowest BCUT2D eigenvalue weighted by atomic mass is 10.2. The average Bonchev–Trinajstić information content (AvgIpc) is 2.66. The summed E-state index contributed by atoms with van der Waals surface area (Å²) in [6, 6.07) is 8.12. The molecule has 0 fully saturated rings. The van der Waals surface area contributed by atoms with Crippen molar-refractivity contribution in [2.75, 3.05) is 0 Å². The van der Waals surface area contributed by atoms with Gasteiger partial charge in [0.25, 0.3) is 0 Å². The van der Waals surface area contributed by atoms with Gasteiger partial charge in [0.1, 0.15) is 0 Å². The number of aromatic nitrogens is 1. The van der Waals surface area contributed by atoms with Gasteiger partial charge in [-0.2, -0.15) is 0 Å². The molecule has 1 aliphatic rings. The molecule has 70 valence electrons. The predicted molar refractivity (Wildman–Crippen MR) is 58.6 cm³/mol. The number of carbonyl (C=O) groups is 1. The molecule has 2 nitrogen and oxygen atoms in total. The van der Waals surface area contributed by atoms with Gasteiger partial charge in [-0.05, 0) is 30.7 Å². The Morgan fingerprint density at radius 1 is 1.21 bits per heavy atom. The number of fused-ring (bicyclic) bond motifs is 3. The number of hydrogen-bond donors (Lipinski definition) is 0. The summed E-state index contributed by atoms with van der Waals surface area (Å²) in [5.74, 6) is 0.220. The first-order chi connectivity index (χ1) is 6.75. The van der Waals surface area contributed by atoms with Crippen LogP contribution >= 0.6 is 15.9 Å². The second-order valence-corrected chi connectivity index (χ2v) is 4.48. The molecule has 0 spiro atoms. The third kappa shape index (κ3) is 0.989. The first-order valence-corrected chi connectivity index (χ1v) is 5.38. The van der Waals surface area contributed by atoms with Crippen LogP contribution in [0.3, 0.4) is 0 Å². The van der Waals surface area contributed by atoms with Crippen molar-refractivity contribution in [1.82, 2.24) is 4.57 Å². The van der Waals surface area contributed by atoms with E-state index in [1.165, 1.54) is 0 Å². The van der Waals surface area contributed by atoms with E-state index in [0.29, 0.717) is 6.42 Å². The van der Waals surface area contributed by atoms with Gasteiger partial charge in [-0.25, -0.2) is 0 Å². The van der Waals surface area contributed by atoms with Crippen molar-refractivity contribution in [2.24, 2.45) is 0 Å². The normalized spacial score (nSPS) is 15.1. The van der Waals surface area contributed by atoms with E-state index in [9.17, 15) is 4.79 Å². The molecular formula is C11H8BrNO. The Labute approximate surface area is 89.7 Å². The Bertz CT molecular complexity index is 541. The van der Waals surface area contributed by atoms with Crippen LogP contribution in [0.4, 0.5) is 0 Å². The van der Waals surface area contributed by atoms with E-state index < -0.39 is 0 Å². The average molecular weight is 250 g/mol. The van der Waals surface area contributed by atoms with Gasteiger partial charge in [0.15, 0.2) is 0 Å². The minimum Gasteiger partial charge on any atom is -0.284 e. The molecule has 0 N–H and O–H groups in total. The van der Waals surface area contributed by atoms with Crippen molar-refractivity contribution in [1.29, 1.82) is 0 Å². The summed E-state index contributed by atoms with van der Waals surface area (Å²) in [5, 5.41) is 1.14. The minimum absolute atomic E-state index is 0.220. The molecule has 3 heteroatoms. The van der Waals surface area contributed by atoms with E-state index in [0.717, 1.165) is 27.5 Å². The molecule has 1 aromatic heterocycles. The molecule has 2 aromatic rings. The largest absolute Gasteiger partial charge is 0.284 e. The van der Waals surface area contributed by atoms with Crippen molar-refractivity contribution in [3.63, 3.8) is 0 Å². The molecule has 0 radical (unpaired) electrons. The molecule has 0 unspecified atom stereocenters. The zero-order chi connectivity index (χ0) is 9.71. The zero-order valence-corrected chi connectivity index (χ0v) is 9.04. The lowest BCUT2D eigenvalue weighted by Crippen LogP contribution is -2.02. The highest BCUT2D eigenvalue weighted by Gasteiger charge is 2.21. The molecule has 0 bridgehead atoms. The molecule has 0 amide bonds. The first-order valence-electron chi connectivity index (χ1n) is 4.59. The Hall–Kier alpha value is -1.09. The second kappa shape index (κ2) is 2.70. The lowest BCUT2D eigenvalue weighted by molar-refractivity contribution is 0.0928. The molecular weight excluding hydrogens is 242 g/mol. The fraction of sp³-hybridized carbons (Fsp3) is 0.182. The Balaban J connectivity index is 2.41. The van der Waals surface area contributed by atoms with Gasteiger partial charge in [-0.1, -0.05) is 15.9 Å². The zero-order valence-electron chi connectivity index (χ0n) is 7.46. The van der Waals surface area contributed by atoms with Crippen LogP contribution < -0.4 is 0 Å². The number of halogens is 1. The van der Waals surface area contributed by atoms with E-state index in [1.807, 2.05) is 22.8 Å². The van der Waals surface area contributed by atoms with Crippen LogP contribution in [0.1, 0.15) is 16.9 Å². The highest BCUT2D eigenvalue weighted by Crippen LogP contribution is 2.27. The van der Waals surface area contributed by atoms with E-state index in [1.54, 1.807) is 0 Å². The van der Waals surface area contributed by atoms with Crippen LogP contribution in [0, 0.1) is 0 Å². The third-order valence-electron chi connectivity index (χ3n) is 2.68. The smallest absolute Gasteiger partial charge is 0.231 e. The number of aryl methyl sites for hydroxylation is 1. The van der Waals surface area contributed by atoms with Gasteiger partial charge in [-0.15, -0.1) is 0 Å². The van der Waals surface area contributed by atoms with Crippen molar-refractivity contribution in [3.05, 3.63) is 34.4 Å². The summed E-state index contributed by atoms with van der Waals surface area (Å²) in [6.07, 6.45) is 1.53. The van der Waals surface area contributed by atoms with Crippen molar-refractivity contribution in [3.8, 4) is 0 Å². The van der Waals surface area contributed by atoms with Gasteiger partial charge in [0.05, 0.1) is 5.52 Å². The van der Waals surface area contributed by atoms with Crippen LogP contribution in [-0.2, 0) is 6.42 Å². The van der Waals surface area contributed by atoms with Crippen LogP contribution in [0.25, 0.3) is 10.9 Å². The fourth-order valence-corrected chi connectivity index (χ4v) is 2.45. The fourth-order valence-electron chi connectivity index (χ4n) is 2.07. The van der Waals surface area contributed by atoms with E-state index in [2.05, 4.69) is 22.0 Å². The van der Waals surface area contributed by atoms with Crippen LogP contribution in [-0.4, -0.2) is 10.5 Å². The number of benzene rings is 1. The van der Waals surface area contributed by atoms with Gasteiger partial charge in [0.2, 0.25) is 5.91 Å². The van der Waals surface area contributed by atoms with Gasteiger partial charge in [-0.3, -0.25) is 9.36 Å². The van der Waals surface area contributed by atoms with Gasteiger partial charge in [0, 0.05) is 22.0 Å². The molecule has 0 saturated heterocycles. The van der Waals surface area contributed by atoms with E-state index in [-0.39, 0.29) is 5.91 Å². The summed E-state index contributed by atoms with van der Waals surface area (Å²) in [7, 11) is 0. The van der Waals surface area contributed by atoms with Crippen molar-refractivity contribution >= 4 is 32.7 Å². The Morgan fingerprint density at radius 3 is 2.93 bits per heavy atom. The predicted octanol–water partition coefficient (Wildman–Crippen LogP) is 2.99. The SMILES string of the molecule is O=C1CCc2cc3cc(Br)ccc3n21. The van der Waals surface area contributed by atoms with Crippen molar-refractivity contribution in [2.45, 2.75) is 12.8 Å². The molecule has 0 saturated carbocycles. The number of carbonyl (C=O) groups excluding carboxylic acids is 1. The highest BCUT2D eigenvalue weighted by molar-refractivity contribution is 9.10. The van der Waals surface area contributed by atoms with Crippen molar-refractivity contribution < 1.29 is 4.79 Å². The Morgan fingerprint density at radius 2 is 2.07 bits per heavy atom. The minimum atomic E-state index is 0.220. The second-order valence-electron chi connectivity index (χ2n) is 3.57. The lowest BCUT2D eigenvalue weighted by Gasteiger charge is -1.98. The quantitative estimate of drug-likeness (QED) is 0.704. The number of rotatable bonds is 0. The summed E-state index contributed by atoms with van der Waals surface area (Å²) in [6.45, 7) is 0. The van der Waals surface area contributed by atoms with E-state index >= 15 is 0 Å². The third-order valence-corrected chi connectivity index (χ3v) is 3.18. The molecule has 0 atom stereocenters. The monoisotopic (exact) mass is 249 g/mol. The molecule has 0 aliphatic carbocycles. The molecule has 14 heavy (non-hydrogen) atoms. The van der Waals surface area contributed by atoms with Gasteiger partial charge < -0.3 is 0 Å². The summed E-state index contributed by atoms with van der Waals surface area (Å²) >= 11 is 3.43. The number of hydrogen-bond acceptors (Lipinski definition) is 1. The summed E-state index contributed by atoms with van der Waals surface area (Å²) in [4.78, 5) is 11.6. The Kier molecular flexibility index (Phi) is 1.59. The maximum Gasteiger partial charge on any atom is 0.231 e. The summed E-state index contributed by atoms with van der Waals surface area (Å²) in [5.41, 5.74) is 2.17. The molecule has 1 aromatic carbocycles. The molecule has 3 rings (SSSR count). The number of nitrogens with zero attached hydrogens (tertiary/aromatic N) is 1. The van der Waals surface area contributed by atoms with Crippen LogP contribution in [0.15, 0.2) is 28.7 Å². The first kappa shape index (κ1) is 8.24. The standard InChI is InChI=1S/C11H8BrNO/c12-8-1-3-10-7(5-8)6-9-2-4-11(14)13(9)10/h1,3,5-6H,2,4H2. The topological polar surface area (TPSA) is 22.0 Å². The molecule has 2 heterocycles. The van der Waals surface area contributed by atoms with Crippen LogP contribution in [0.5, 0.6) is 0 Å². The maximum absolute atomic E-state index is 11.6. The van der Waals surface area contributed by atoms with E-state index in [4.69, 9.17) is 0 Å². The van der Waals surface area contributed by atoms with Crippen LogP contribution in [0.2, 0.25) is 0 Å². The molecule has 1 aliphatic heterocycles. The summed E-state index contributed by atoms with van der Waals surface area (Å²) < 4.78 is 2.89. The highest BCUT2D eigenvalue weighted by atomic mass is 79.9.